The second kappa shape index (κ2) is 6.58. The van der Waals surface area contributed by atoms with Crippen molar-refractivity contribution in [3.05, 3.63) is 24.0 Å². The van der Waals surface area contributed by atoms with E-state index in [0.717, 1.165) is 24.1 Å². The van der Waals surface area contributed by atoms with Crippen molar-refractivity contribution in [3.8, 4) is 0 Å². The van der Waals surface area contributed by atoms with Gasteiger partial charge >= 0.3 is 5.97 Å². The molecule has 6 nitrogen and oxygen atoms in total. The lowest BCUT2D eigenvalue weighted by Crippen LogP contribution is -2.31. The van der Waals surface area contributed by atoms with E-state index in [4.69, 9.17) is 4.74 Å². The molecule has 0 spiro atoms. The van der Waals surface area contributed by atoms with Gasteiger partial charge in [-0.25, -0.2) is 4.98 Å². The van der Waals surface area contributed by atoms with Gasteiger partial charge in [0.05, 0.1) is 17.6 Å². The molecule has 1 N–H and O–H groups in total. The zero-order chi connectivity index (χ0) is 16.4. The van der Waals surface area contributed by atoms with E-state index in [9.17, 15) is 4.79 Å². The first-order chi connectivity index (χ1) is 11.1. The summed E-state index contributed by atoms with van der Waals surface area (Å²) in [6.07, 6.45) is 1.37. The molecule has 1 fully saturated rings. The number of carbonyl (C=O) groups excluding carboxylic acids is 1. The Labute approximate surface area is 136 Å². The van der Waals surface area contributed by atoms with E-state index >= 15 is 0 Å². The lowest BCUT2D eigenvalue weighted by atomic mass is 10.2. The second-order valence-corrected chi connectivity index (χ2v) is 6.22. The summed E-state index contributed by atoms with van der Waals surface area (Å²) in [7, 11) is 4.27. The molecule has 1 aliphatic heterocycles. The Bertz CT molecular complexity index is 695. The first-order valence-electron chi connectivity index (χ1n) is 8.12. The molecular weight excluding hydrogens is 292 g/mol. The largest absolute Gasteiger partial charge is 0.466 e. The summed E-state index contributed by atoms with van der Waals surface area (Å²) in [6, 6.07) is 6.84. The molecule has 0 bridgehead atoms. The topological polar surface area (TPSA) is 61.5 Å². The number of imidazole rings is 1. The Kier molecular flexibility index (Phi) is 4.52. The van der Waals surface area contributed by atoms with Crippen LogP contribution >= 0.6 is 0 Å². The molecule has 2 heterocycles. The molecule has 23 heavy (non-hydrogen) atoms. The van der Waals surface area contributed by atoms with Gasteiger partial charge in [0, 0.05) is 24.8 Å². The monoisotopic (exact) mass is 316 g/mol. The molecule has 0 radical (unpaired) electrons. The molecule has 0 aliphatic carbocycles. The average molecular weight is 316 g/mol. The predicted octanol–water partition coefficient (Wildman–Crippen LogP) is 1.81. The van der Waals surface area contributed by atoms with Crippen LogP contribution in [0.15, 0.2) is 18.2 Å². The molecule has 0 saturated carbocycles. The minimum Gasteiger partial charge on any atom is -0.466 e. The molecule has 1 unspecified atom stereocenters. The van der Waals surface area contributed by atoms with Gasteiger partial charge < -0.3 is 19.5 Å². The summed E-state index contributed by atoms with van der Waals surface area (Å²) in [5, 5.41) is 0. The van der Waals surface area contributed by atoms with E-state index in [1.54, 1.807) is 6.92 Å². The van der Waals surface area contributed by atoms with Gasteiger partial charge in [-0.3, -0.25) is 4.79 Å². The summed E-state index contributed by atoms with van der Waals surface area (Å²) in [5.74, 6) is 0.406. The number of H-pyrrole nitrogens is 1. The zero-order valence-electron chi connectivity index (χ0n) is 14.0. The second-order valence-electron chi connectivity index (χ2n) is 6.22. The summed E-state index contributed by atoms with van der Waals surface area (Å²) >= 11 is 0. The van der Waals surface area contributed by atoms with Crippen molar-refractivity contribution in [1.82, 2.24) is 14.9 Å². The standard InChI is InChI=1S/C17H24N4O2/c1-4-23-17(22)10-16-18-14-6-5-12(9-15(14)19-16)21-8-7-13(11-21)20(2)3/h5-6,9,13H,4,7-8,10-11H2,1-3H3,(H,18,19). The van der Waals surface area contributed by atoms with E-state index in [-0.39, 0.29) is 12.4 Å². The van der Waals surface area contributed by atoms with E-state index in [1.807, 2.05) is 6.07 Å². The van der Waals surface area contributed by atoms with Crippen LogP contribution in [0, 0.1) is 0 Å². The number of benzene rings is 1. The van der Waals surface area contributed by atoms with E-state index in [2.05, 4.69) is 46.0 Å². The van der Waals surface area contributed by atoms with Crippen molar-refractivity contribution in [2.45, 2.75) is 25.8 Å². The maximum Gasteiger partial charge on any atom is 0.313 e. The minimum atomic E-state index is -0.250. The van der Waals surface area contributed by atoms with E-state index in [0.29, 0.717) is 18.5 Å². The summed E-state index contributed by atoms with van der Waals surface area (Å²) in [5.41, 5.74) is 3.06. The highest BCUT2D eigenvalue weighted by Crippen LogP contribution is 2.25. The minimum absolute atomic E-state index is 0.185. The molecule has 124 valence electrons. The summed E-state index contributed by atoms with van der Waals surface area (Å²) < 4.78 is 4.97. The normalized spacial score (nSPS) is 18.1. The van der Waals surface area contributed by atoms with Crippen molar-refractivity contribution >= 4 is 22.7 Å². The number of aromatic nitrogens is 2. The van der Waals surface area contributed by atoms with Gasteiger partial charge in [-0.2, -0.15) is 0 Å². The van der Waals surface area contributed by atoms with Crippen LogP contribution in [-0.4, -0.2) is 60.7 Å². The number of nitrogens with one attached hydrogen (secondary N) is 1. The summed E-state index contributed by atoms with van der Waals surface area (Å²) in [6.45, 7) is 4.31. The molecule has 1 aromatic heterocycles. The third-order valence-corrected chi connectivity index (χ3v) is 4.39. The van der Waals surface area contributed by atoms with Gasteiger partial charge in [0.15, 0.2) is 0 Å². The summed E-state index contributed by atoms with van der Waals surface area (Å²) in [4.78, 5) is 23.9. The fraction of sp³-hybridized carbons (Fsp3) is 0.529. The van der Waals surface area contributed by atoms with Crippen LogP contribution in [0.5, 0.6) is 0 Å². The van der Waals surface area contributed by atoms with Crippen molar-refractivity contribution in [3.63, 3.8) is 0 Å². The first kappa shape index (κ1) is 15.8. The highest BCUT2D eigenvalue weighted by Gasteiger charge is 2.24. The Hall–Kier alpha value is -2.08. The molecule has 1 atom stereocenters. The van der Waals surface area contributed by atoms with Crippen LogP contribution in [0.4, 0.5) is 5.69 Å². The number of aromatic amines is 1. The fourth-order valence-electron chi connectivity index (χ4n) is 3.08. The van der Waals surface area contributed by atoms with Crippen molar-refractivity contribution in [2.24, 2.45) is 0 Å². The number of ether oxygens (including phenoxy) is 1. The zero-order valence-corrected chi connectivity index (χ0v) is 14.0. The third-order valence-electron chi connectivity index (χ3n) is 4.39. The van der Waals surface area contributed by atoms with Gasteiger partial charge in [0.2, 0.25) is 0 Å². The van der Waals surface area contributed by atoms with Crippen LogP contribution in [0.1, 0.15) is 19.2 Å². The number of fused-ring (bicyclic) bond motifs is 1. The number of nitrogens with zero attached hydrogens (tertiary/aromatic N) is 3. The lowest BCUT2D eigenvalue weighted by Gasteiger charge is -2.21. The van der Waals surface area contributed by atoms with Crippen molar-refractivity contribution in [2.75, 3.05) is 38.7 Å². The number of anilines is 1. The Morgan fingerprint density at radius 1 is 1.48 bits per heavy atom. The SMILES string of the molecule is CCOC(=O)Cc1nc2ccc(N3CCC(N(C)C)C3)cc2[nH]1. The number of carbonyl (C=O) groups is 1. The Balaban J connectivity index is 1.76. The number of hydrogen-bond acceptors (Lipinski definition) is 5. The molecule has 1 saturated heterocycles. The maximum atomic E-state index is 11.6. The number of esters is 1. The molecule has 2 aromatic rings. The predicted molar refractivity (Wildman–Crippen MR) is 90.7 cm³/mol. The van der Waals surface area contributed by atoms with Gasteiger partial charge in [-0.15, -0.1) is 0 Å². The van der Waals surface area contributed by atoms with Gasteiger partial charge in [0.25, 0.3) is 0 Å². The van der Waals surface area contributed by atoms with Crippen LogP contribution < -0.4 is 4.90 Å². The third kappa shape index (κ3) is 3.47. The average Bonchev–Trinajstić information content (AvgIpc) is 3.12. The number of hydrogen-bond donors (Lipinski definition) is 1. The van der Waals surface area contributed by atoms with Crippen LogP contribution in [0.2, 0.25) is 0 Å². The molecule has 1 aromatic carbocycles. The molecular formula is C17H24N4O2. The molecule has 6 heteroatoms. The van der Waals surface area contributed by atoms with Gasteiger partial charge in [0.1, 0.15) is 12.2 Å². The molecule has 3 rings (SSSR count). The first-order valence-corrected chi connectivity index (χ1v) is 8.12. The van der Waals surface area contributed by atoms with Gasteiger partial charge in [-0.1, -0.05) is 0 Å². The molecule has 0 amide bonds. The number of rotatable bonds is 5. The Morgan fingerprint density at radius 2 is 2.30 bits per heavy atom. The number of likely N-dealkylation sites (N-methyl/N-ethyl adjacent to an activating group) is 1. The van der Waals surface area contributed by atoms with E-state index in [1.165, 1.54) is 12.1 Å². The highest BCUT2D eigenvalue weighted by atomic mass is 16.5. The van der Waals surface area contributed by atoms with Crippen molar-refractivity contribution < 1.29 is 9.53 Å². The highest BCUT2D eigenvalue weighted by molar-refractivity contribution is 5.81. The van der Waals surface area contributed by atoms with Gasteiger partial charge in [-0.05, 0) is 45.6 Å². The van der Waals surface area contributed by atoms with Crippen molar-refractivity contribution in [1.29, 1.82) is 0 Å². The fourth-order valence-corrected chi connectivity index (χ4v) is 3.08. The maximum absolute atomic E-state index is 11.6. The van der Waals surface area contributed by atoms with Crippen LogP contribution in [-0.2, 0) is 16.0 Å². The van der Waals surface area contributed by atoms with Crippen LogP contribution in [0.3, 0.4) is 0 Å². The van der Waals surface area contributed by atoms with Crippen LogP contribution in [0.25, 0.3) is 11.0 Å². The molecule has 1 aliphatic rings. The lowest BCUT2D eigenvalue weighted by molar-refractivity contribution is -0.142. The quantitative estimate of drug-likeness (QED) is 0.853. The smallest absolute Gasteiger partial charge is 0.313 e. The Morgan fingerprint density at radius 3 is 3.00 bits per heavy atom. The van der Waals surface area contributed by atoms with E-state index < -0.39 is 0 Å².